The molecule has 4 aromatic carbocycles. The Hall–Kier alpha value is -4.77. The molecule has 242 valence electrons. The second-order valence-electron chi connectivity index (χ2n) is 10.8. The Kier molecular flexibility index (Phi) is 11.5. The van der Waals surface area contributed by atoms with E-state index in [1.165, 1.54) is 66.6 Å². The number of benzene rings is 4. The summed E-state index contributed by atoms with van der Waals surface area (Å²) in [6.07, 6.45) is 0.717. The SMILES string of the molecule is CC[C@@H](C)NC(=O)[C@H](Cc1ccccc1)N(Cc1ccccc1F)C(=O)CN(c1ccc(F)cc1)S(=O)(=O)c1ccc(OC)cc1. The van der Waals surface area contributed by atoms with Crippen LogP contribution in [0.1, 0.15) is 31.4 Å². The van der Waals surface area contributed by atoms with Gasteiger partial charge in [0.1, 0.15) is 30.0 Å². The van der Waals surface area contributed by atoms with Gasteiger partial charge in [-0.05, 0) is 73.5 Å². The van der Waals surface area contributed by atoms with E-state index in [-0.39, 0.29) is 35.2 Å². The van der Waals surface area contributed by atoms with Gasteiger partial charge in [0.25, 0.3) is 10.0 Å². The number of amides is 2. The number of halogens is 2. The summed E-state index contributed by atoms with van der Waals surface area (Å²) in [5, 5.41) is 2.93. The third kappa shape index (κ3) is 8.48. The normalized spacial score (nSPS) is 12.5. The van der Waals surface area contributed by atoms with E-state index in [0.717, 1.165) is 22.0 Å². The minimum atomic E-state index is -4.40. The number of rotatable bonds is 14. The predicted octanol–water partition coefficient (Wildman–Crippen LogP) is 5.72. The summed E-state index contributed by atoms with van der Waals surface area (Å²) in [4.78, 5) is 29.3. The van der Waals surface area contributed by atoms with E-state index < -0.39 is 46.1 Å². The molecule has 0 aromatic heterocycles. The summed E-state index contributed by atoms with van der Waals surface area (Å²) in [7, 11) is -2.95. The first-order chi connectivity index (χ1) is 22.0. The molecule has 2 amide bonds. The van der Waals surface area contributed by atoms with Crippen LogP contribution >= 0.6 is 0 Å². The zero-order valence-corrected chi connectivity index (χ0v) is 26.7. The molecule has 0 fully saturated rings. The summed E-state index contributed by atoms with van der Waals surface area (Å²) >= 11 is 0. The Morgan fingerprint density at radius 1 is 0.870 bits per heavy atom. The van der Waals surface area contributed by atoms with Gasteiger partial charge in [-0.1, -0.05) is 55.5 Å². The number of carbonyl (C=O) groups is 2. The van der Waals surface area contributed by atoms with Gasteiger partial charge >= 0.3 is 0 Å². The molecule has 0 unspecified atom stereocenters. The van der Waals surface area contributed by atoms with Gasteiger partial charge in [-0.15, -0.1) is 0 Å². The van der Waals surface area contributed by atoms with Crippen molar-refractivity contribution in [3.05, 3.63) is 126 Å². The van der Waals surface area contributed by atoms with Gasteiger partial charge in [0, 0.05) is 24.6 Å². The lowest BCUT2D eigenvalue weighted by Gasteiger charge is -2.34. The van der Waals surface area contributed by atoms with Crippen LogP contribution in [0, 0.1) is 11.6 Å². The average Bonchev–Trinajstić information content (AvgIpc) is 3.06. The molecule has 0 saturated carbocycles. The molecule has 4 rings (SSSR count). The van der Waals surface area contributed by atoms with Crippen molar-refractivity contribution in [3.8, 4) is 5.75 Å². The van der Waals surface area contributed by atoms with Gasteiger partial charge in [-0.2, -0.15) is 0 Å². The van der Waals surface area contributed by atoms with Crippen molar-refractivity contribution < 1.29 is 31.5 Å². The van der Waals surface area contributed by atoms with Crippen molar-refractivity contribution in [2.45, 2.75) is 50.2 Å². The van der Waals surface area contributed by atoms with Crippen LogP contribution in [0.15, 0.2) is 108 Å². The molecule has 0 aliphatic rings. The van der Waals surface area contributed by atoms with Crippen molar-refractivity contribution in [1.29, 1.82) is 0 Å². The summed E-state index contributed by atoms with van der Waals surface area (Å²) in [5.74, 6) is -1.97. The predicted molar refractivity (Wildman–Crippen MR) is 173 cm³/mol. The molecular weight excluding hydrogens is 612 g/mol. The van der Waals surface area contributed by atoms with Crippen LogP contribution in [0.3, 0.4) is 0 Å². The molecule has 0 heterocycles. The maximum absolute atomic E-state index is 15.0. The van der Waals surface area contributed by atoms with Gasteiger partial charge in [-0.3, -0.25) is 13.9 Å². The molecule has 0 spiro atoms. The number of hydrogen-bond acceptors (Lipinski definition) is 5. The standard InChI is InChI=1S/C35H37F2N3O5S/c1-4-25(2)38-35(42)33(22-26-10-6-5-7-11-26)39(23-27-12-8-9-13-32(27)37)34(41)24-40(29-16-14-28(36)15-17-29)46(43,44)31-20-18-30(45-3)19-21-31/h5-21,25,33H,4,22-24H2,1-3H3,(H,38,42)/t25-,33+/m1/s1. The lowest BCUT2D eigenvalue weighted by molar-refractivity contribution is -0.140. The third-order valence-corrected chi connectivity index (χ3v) is 9.40. The lowest BCUT2D eigenvalue weighted by atomic mass is 10.0. The first-order valence-electron chi connectivity index (χ1n) is 14.8. The minimum Gasteiger partial charge on any atom is -0.497 e. The fourth-order valence-electron chi connectivity index (χ4n) is 4.82. The number of hydrogen-bond donors (Lipinski definition) is 1. The first kappa shape index (κ1) is 34.1. The smallest absolute Gasteiger partial charge is 0.264 e. The highest BCUT2D eigenvalue weighted by Crippen LogP contribution is 2.27. The van der Waals surface area contributed by atoms with Gasteiger partial charge in [0.15, 0.2) is 0 Å². The van der Waals surface area contributed by atoms with Crippen molar-refractivity contribution >= 4 is 27.5 Å². The number of nitrogens with zero attached hydrogens (tertiary/aromatic N) is 2. The summed E-state index contributed by atoms with van der Waals surface area (Å²) in [5.41, 5.74) is 0.927. The number of anilines is 1. The van der Waals surface area contributed by atoms with Gasteiger partial charge in [0.2, 0.25) is 11.8 Å². The van der Waals surface area contributed by atoms with Crippen LogP contribution in [0.5, 0.6) is 5.75 Å². The Balaban J connectivity index is 1.81. The second-order valence-corrected chi connectivity index (χ2v) is 12.7. The maximum Gasteiger partial charge on any atom is 0.264 e. The average molecular weight is 650 g/mol. The topological polar surface area (TPSA) is 96.0 Å². The van der Waals surface area contributed by atoms with E-state index in [1.54, 1.807) is 18.2 Å². The van der Waals surface area contributed by atoms with E-state index >= 15 is 4.39 Å². The van der Waals surface area contributed by atoms with Gasteiger partial charge in [-0.25, -0.2) is 17.2 Å². The largest absolute Gasteiger partial charge is 0.497 e. The number of sulfonamides is 1. The van der Waals surface area contributed by atoms with Gasteiger partial charge < -0.3 is 15.0 Å². The van der Waals surface area contributed by atoms with Crippen molar-refractivity contribution in [2.24, 2.45) is 0 Å². The van der Waals surface area contributed by atoms with Crippen LogP contribution < -0.4 is 14.4 Å². The molecule has 2 atom stereocenters. The first-order valence-corrected chi connectivity index (χ1v) is 16.3. The zero-order chi connectivity index (χ0) is 33.3. The van der Waals surface area contributed by atoms with E-state index in [2.05, 4.69) is 5.32 Å². The maximum atomic E-state index is 15.0. The number of nitrogens with one attached hydrogen (secondary N) is 1. The second kappa shape index (κ2) is 15.5. The highest BCUT2D eigenvalue weighted by molar-refractivity contribution is 7.92. The van der Waals surface area contributed by atoms with Gasteiger partial charge in [0.05, 0.1) is 17.7 Å². The van der Waals surface area contributed by atoms with Crippen LogP contribution in [-0.2, 0) is 32.6 Å². The molecule has 8 nitrogen and oxygen atoms in total. The number of methoxy groups -OCH3 is 1. The van der Waals surface area contributed by atoms with Crippen molar-refractivity contribution in [2.75, 3.05) is 18.0 Å². The zero-order valence-electron chi connectivity index (χ0n) is 25.9. The van der Waals surface area contributed by atoms with Crippen molar-refractivity contribution in [3.63, 3.8) is 0 Å². The molecule has 1 N–H and O–H groups in total. The van der Waals surface area contributed by atoms with Crippen LogP contribution in [-0.4, -0.2) is 50.9 Å². The molecule has 4 aromatic rings. The number of ether oxygens (including phenoxy) is 1. The van der Waals surface area contributed by atoms with Crippen LogP contribution in [0.25, 0.3) is 0 Å². The Morgan fingerprint density at radius 2 is 1.50 bits per heavy atom. The molecule has 11 heteroatoms. The van der Waals surface area contributed by atoms with Crippen molar-refractivity contribution in [1.82, 2.24) is 10.2 Å². The van der Waals surface area contributed by atoms with E-state index in [0.29, 0.717) is 12.2 Å². The fraction of sp³-hybridized carbons (Fsp3) is 0.257. The molecule has 0 radical (unpaired) electrons. The minimum absolute atomic E-state index is 0.0278. The van der Waals surface area contributed by atoms with E-state index in [1.807, 2.05) is 32.0 Å². The molecule has 0 aliphatic heterocycles. The van der Waals surface area contributed by atoms with Crippen LogP contribution in [0.2, 0.25) is 0 Å². The Bertz CT molecular complexity index is 1720. The Labute approximate surface area is 268 Å². The molecule has 0 bridgehead atoms. The summed E-state index contributed by atoms with van der Waals surface area (Å²) < 4.78 is 63.0. The number of carbonyl (C=O) groups excluding carboxylic acids is 2. The monoisotopic (exact) mass is 649 g/mol. The molecular formula is C35H37F2N3O5S. The van der Waals surface area contributed by atoms with E-state index in [4.69, 9.17) is 4.74 Å². The third-order valence-electron chi connectivity index (χ3n) is 7.61. The highest BCUT2D eigenvalue weighted by Gasteiger charge is 2.35. The fourth-order valence-corrected chi connectivity index (χ4v) is 6.23. The molecule has 46 heavy (non-hydrogen) atoms. The van der Waals surface area contributed by atoms with Crippen LogP contribution in [0.4, 0.5) is 14.5 Å². The summed E-state index contributed by atoms with van der Waals surface area (Å²) in [6.45, 7) is 2.68. The summed E-state index contributed by atoms with van der Waals surface area (Å²) in [6, 6.07) is 23.9. The highest BCUT2D eigenvalue weighted by atomic mass is 32.2. The Morgan fingerprint density at radius 3 is 2.11 bits per heavy atom. The lowest BCUT2D eigenvalue weighted by Crippen LogP contribution is -2.54. The quantitative estimate of drug-likeness (QED) is 0.189. The van der Waals surface area contributed by atoms with E-state index in [9.17, 15) is 22.4 Å². The molecule has 0 saturated heterocycles. The molecule has 0 aliphatic carbocycles.